The zero-order valence-electron chi connectivity index (χ0n) is 32.8. The molecule has 13 nitrogen and oxygen atoms in total. The topological polar surface area (TPSA) is 171 Å². The smallest absolute Gasteiger partial charge is 0.422 e. The SMILES string of the molecule is CCCCC/C=C\C1CC1C(=O)NSC1CC1.COc1ccc2c(O[C@@H]3CC(C(N)=O)N(C(=O)CNC(=O)OC(C)(C)C)C3)cc(OCC(F)(F)F)nc2c1C. The van der Waals surface area contributed by atoms with E-state index in [1.165, 1.54) is 56.6 Å². The third-order valence-electron chi connectivity index (χ3n) is 9.10. The van der Waals surface area contributed by atoms with Crippen molar-refractivity contribution in [3.63, 3.8) is 0 Å². The van der Waals surface area contributed by atoms with Gasteiger partial charge in [0.1, 0.15) is 35.8 Å². The molecule has 3 fully saturated rings. The lowest BCUT2D eigenvalue weighted by Crippen LogP contribution is -2.48. The van der Waals surface area contributed by atoms with Crippen molar-refractivity contribution in [2.75, 3.05) is 26.8 Å². The lowest BCUT2D eigenvalue weighted by Gasteiger charge is -2.23. The number of aromatic nitrogens is 1. The number of fused-ring (bicyclic) bond motifs is 1. The molecule has 3 aliphatic rings. The molecule has 56 heavy (non-hydrogen) atoms. The van der Waals surface area contributed by atoms with Crippen molar-refractivity contribution >= 4 is 46.7 Å². The number of alkyl carbamates (subject to hydrolysis) is 1. The summed E-state index contributed by atoms with van der Waals surface area (Å²) in [6.07, 6.45) is 7.05. The van der Waals surface area contributed by atoms with E-state index >= 15 is 0 Å². The van der Waals surface area contributed by atoms with Gasteiger partial charge in [0.2, 0.25) is 23.6 Å². The largest absolute Gasteiger partial charge is 0.496 e. The summed E-state index contributed by atoms with van der Waals surface area (Å²) in [7, 11) is 1.45. The molecule has 0 radical (unpaired) electrons. The number of methoxy groups -OCH3 is 1. The molecule has 1 aliphatic heterocycles. The number of unbranched alkanes of at least 4 members (excludes halogenated alkanes) is 3. The zero-order valence-corrected chi connectivity index (χ0v) is 33.6. The molecule has 310 valence electrons. The van der Waals surface area contributed by atoms with Gasteiger partial charge in [-0.3, -0.25) is 19.1 Å². The molecule has 1 aromatic carbocycles. The number of benzene rings is 1. The molecule has 2 aromatic rings. The van der Waals surface area contributed by atoms with Crippen LogP contribution in [0.1, 0.15) is 84.6 Å². The maximum absolute atomic E-state index is 12.8. The third kappa shape index (κ3) is 14.0. The zero-order chi connectivity index (χ0) is 41.2. The van der Waals surface area contributed by atoms with Crippen LogP contribution in [0.15, 0.2) is 30.4 Å². The standard InChI is InChI=1S/C25H31F3N4O7.C14H23NOS/c1-13-17(36-5)7-6-15-18(9-19(31-21(13)15)37-12-25(26,27)28)38-14-8-16(22(29)34)32(11-14)20(33)10-30-23(35)39-24(2,3)4;1-2-3-4-5-6-7-11-10-13(11)14(16)15-17-12-8-9-12/h6-7,9,14,16H,8,10-12H2,1-5H3,(H2,29,34)(H,30,35);6-7,11-13H,2-5,8-10H2,1H3,(H,15,16)/b;7-6-/t14-,16?;/m1./s1. The van der Waals surface area contributed by atoms with Gasteiger partial charge in [0, 0.05) is 34.6 Å². The van der Waals surface area contributed by atoms with Gasteiger partial charge in [0.25, 0.3) is 0 Å². The molecule has 4 atom stereocenters. The average Bonchev–Trinajstić information content (AvgIpc) is 4.06. The molecule has 0 spiro atoms. The first kappa shape index (κ1) is 44.3. The first-order valence-electron chi connectivity index (χ1n) is 18.9. The Morgan fingerprint density at radius 3 is 2.45 bits per heavy atom. The molecule has 0 bridgehead atoms. The van der Waals surface area contributed by atoms with Crippen molar-refractivity contribution < 1.29 is 51.3 Å². The van der Waals surface area contributed by atoms with Gasteiger partial charge in [-0.05, 0) is 89.8 Å². The number of nitrogens with zero attached hydrogens (tertiary/aromatic N) is 2. The van der Waals surface area contributed by atoms with E-state index in [4.69, 9.17) is 24.7 Å². The summed E-state index contributed by atoms with van der Waals surface area (Å²) in [4.78, 5) is 54.0. The molecule has 17 heteroatoms. The molecule has 5 rings (SSSR count). The minimum Gasteiger partial charge on any atom is -0.496 e. The van der Waals surface area contributed by atoms with E-state index in [-0.39, 0.29) is 36.4 Å². The van der Waals surface area contributed by atoms with E-state index in [2.05, 4.69) is 34.1 Å². The van der Waals surface area contributed by atoms with Crippen LogP contribution in [0.3, 0.4) is 0 Å². The minimum absolute atomic E-state index is 0.0191. The maximum atomic E-state index is 12.8. The number of likely N-dealkylation sites (tertiary alicyclic amines) is 1. The molecule has 2 saturated carbocycles. The number of rotatable bonds is 16. The third-order valence-corrected chi connectivity index (χ3v) is 10.2. The highest BCUT2D eigenvalue weighted by Crippen LogP contribution is 2.41. The van der Waals surface area contributed by atoms with Gasteiger partial charge in [0.05, 0.1) is 19.2 Å². The van der Waals surface area contributed by atoms with Gasteiger partial charge < -0.3 is 34.9 Å². The number of ether oxygens (including phenoxy) is 4. The number of amides is 4. The van der Waals surface area contributed by atoms with Crippen LogP contribution in [-0.4, -0.2) is 89.7 Å². The second-order valence-electron chi connectivity index (χ2n) is 15.2. The number of aryl methyl sites for hydroxylation is 1. The summed E-state index contributed by atoms with van der Waals surface area (Å²) in [5.74, 6) is -0.0586. The van der Waals surface area contributed by atoms with Gasteiger partial charge in [-0.15, -0.1) is 0 Å². The number of halogens is 3. The molecule has 1 saturated heterocycles. The van der Waals surface area contributed by atoms with Crippen LogP contribution in [-0.2, 0) is 19.1 Å². The molecule has 2 aliphatic carbocycles. The summed E-state index contributed by atoms with van der Waals surface area (Å²) >= 11 is 1.63. The first-order chi connectivity index (χ1) is 26.4. The predicted octanol–water partition coefficient (Wildman–Crippen LogP) is 6.54. The lowest BCUT2D eigenvalue weighted by molar-refractivity contribution is -0.154. The number of nitrogens with one attached hydrogen (secondary N) is 2. The second kappa shape index (κ2) is 19.6. The summed E-state index contributed by atoms with van der Waals surface area (Å²) < 4.78 is 62.7. The van der Waals surface area contributed by atoms with Gasteiger partial charge in [-0.25, -0.2) is 9.78 Å². The highest BCUT2D eigenvalue weighted by Gasteiger charge is 2.42. The minimum atomic E-state index is -4.59. The second-order valence-corrected chi connectivity index (χ2v) is 16.3. The van der Waals surface area contributed by atoms with Gasteiger partial charge in [0.15, 0.2) is 6.61 Å². The fourth-order valence-electron chi connectivity index (χ4n) is 5.99. The highest BCUT2D eigenvalue weighted by atomic mass is 32.2. The summed E-state index contributed by atoms with van der Waals surface area (Å²) in [5.41, 5.74) is 5.59. The first-order valence-corrected chi connectivity index (χ1v) is 19.8. The number of pyridine rings is 1. The van der Waals surface area contributed by atoms with Gasteiger partial charge >= 0.3 is 12.3 Å². The summed E-state index contributed by atoms with van der Waals surface area (Å²) in [6.45, 7) is 6.83. The van der Waals surface area contributed by atoms with E-state index in [0.29, 0.717) is 33.4 Å². The molecule has 4 N–H and O–H groups in total. The number of hydrogen-bond donors (Lipinski definition) is 3. The van der Waals surface area contributed by atoms with Crippen molar-refractivity contribution in [3.05, 3.63) is 35.9 Å². The summed E-state index contributed by atoms with van der Waals surface area (Å²) in [6, 6.07) is 3.47. The Hall–Kier alpha value is -4.41. The predicted molar refractivity (Wildman–Crippen MR) is 206 cm³/mol. The summed E-state index contributed by atoms with van der Waals surface area (Å²) in [5, 5.41) is 3.51. The van der Waals surface area contributed by atoms with Crippen molar-refractivity contribution in [1.29, 1.82) is 0 Å². The molecule has 3 unspecified atom stereocenters. The Kier molecular flexibility index (Phi) is 15.5. The van der Waals surface area contributed by atoms with E-state index in [0.717, 1.165) is 6.42 Å². The van der Waals surface area contributed by atoms with Crippen molar-refractivity contribution in [2.45, 2.75) is 115 Å². The van der Waals surface area contributed by atoms with Crippen molar-refractivity contribution in [3.8, 4) is 17.4 Å². The Morgan fingerprint density at radius 2 is 1.82 bits per heavy atom. The van der Waals surface area contributed by atoms with Crippen molar-refractivity contribution in [2.24, 2.45) is 17.6 Å². The number of hydrogen-bond acceptors (Lipinski definition) is 10. The average molecular weight is 810 g/mol. The number of allylic oxidation sites excluding steroid dienone is 2. The van der Waals surface area contributed by atoms with Crippen LogP contribution >= 0.6 is 11.9 Å². The van der Waals surface area contributed by atoms with Crippen LogP contribution in [0.5, 0.6) is 17.4 Å². The van der Waals surface area contributed by atoms with Crippen molar-refractivity contribution in [1.82, 2.24) is 19.9 Å². The van der Waals surface area contributed by atoms with E-state index in [9.17, 15) is 32.3 Å². The van der Waals surface area contributed by atoms with Crippen LogP contribution in [0.2, 0.25) is 0 Å². The molecular formula is C39H54F3N5O8S. The number of carbonyl (C=O) groups excluding carboxylic acids is 4. The Morgan fingerprint density at radius 1 is 1.09 bits per heavy atom. The fraction of sp³-hybridized carbons (Fsp3) is 0.615. The normalized spacial score (nSPS) is 20.6. The quantitative estimate of drug-likeness (QED) is 0.0962. The van der Waals surface area contributed by atoms with Gasteiger partial charge in [-0.2, -0.15) is 13.2 Å². The van der Waals surface area contributed by atoms with E-state index in [1.807, 2.05) is 0 Å². The Labute approximate surface area is 330 Å². The Balaban J connectivity index is 0.000000339. The van der Waals surface area contributed by atoms with Crippen LogP contribution in [0, 0.1) is 18.8 Å². The van der Waals surface area contributed by atoms with Crippen LogP contribution < -0.4 is 30.0 Å². The lowest BCUT2D eigenvalue weighted by atomic mass is 10.1. The number of alkyl halides is 3. The fourth-order valence-corrected chi connectivity index (χ4v) is 6.80. The molecular weight excluding hydrogens is 756 g/mol. The maximum Gasteiger partial charge on any atom is 0.422 e. The monoisotopic (exact) mass is 809 g/mol. The van der Waals surface area contributed by atoms with E-state index in [1.54, 1.807) is 51.8 Å². The number of primary amides is 1. The molecule has 4 amide bonds. The molecule has 2 heterocycles. The van der Waals surface area contributed by atoms with E-state index < -0.39 is 55.0 Å². The van der Waals surface area contributed by atoms with Crippen LogP contribution in [0.4, 0.5) is 18.0 Å². The Bertz CT molecular complexity index is 1730. The highest BCUT2D eigenvalue weighted by molar-refractivity contribution is 7.98. The number of nitrogens with two attached hydrogens (primary N) is 1. The van der Waals surface area contributed by atoms with Gasteiger partial charge in [-0.1, -0.05) is 31.9 Å². The number of carbonyl (C=O) groups is 4. The molecule has 1 aromatic heterocycles. The van der Waals surface area contributed by atoms with Crippen LogP contribution in [0.25, 0.3) is 10.9 Å².